The van der Waals surface area contributed by atoms with Crippen LogP contribution >= 0.6 is 11.6 Å². The number of benzene rings is 2. The highest BCUT2D eigenvalue weighted by Gasteiger charge is 2.38. The van der Waals surface area contributed by atoms with E-state index in [9.17, 15) is 13.6 Å². The molecule has 10 heteroatoms. The Morgan fingerprint density at radius 3 is 2.81 bits per heavy atom. The van der Waals surface area contributed by atoms with E-state index in [2.05, 4.69) is 20.5 Å². The predicted molar refractivity (Wildman–Crippen MR) is 110 cm³/mol. The summed E-state index contributed by atoms with van der Waals surface area (Å²) in [6.07, 6.45) is -2.50. The third kappa shape index (κ3) is 3.25. The number of fused-ring (bicyclic) bond motifs is 2. The summed E-state index contributed by atoms with van der Waals surface area (Å²) in [4.78, 5) is 14.9. The van der Waals surface area contributed by atoms with Gasteiger partial charge in [0.05, 0.1) is 22.3 Å². The third-order valence-electron chi connectivity index (χ3n) is 5.65. The van der Waals surface area contributed by atoms with E-state index in [4.69, 9.17) is 11.6 Å². The predicted octanol–water partition coefficient (Wildman–Crippen LogP) is 4.22. The highest BCUT2D eigenvalue weighted by molar-refractivity contribution is 6.32. The second-order valence-electron chi connectivity index (χ2n) is 7.47. The van der Waals surface area contributed by atoms with Crippen LogP contribution in [0.15, 0.2) is 42.5 Å². The summed E-state index contributed by atoms with van der Waals surface area (Å²) in [5.74, 6) is -0.117. The van der Waals surface area contributed by atoms with E-state index in [1.54, 1.807) is 18.0 Å². The zero-order valence-electron chi connectivity index (χ0n) is 16.4. The first-order chi connectivity index (χ1) is 14.9. The molecule has 0 saturated heterocycles. The molecule has 0 aliphatic carbocycles. The highest BCUT2D eigenvalue weighted by atomic mass is 35.5. The summed E-state index contributed by atoms with van der Waals surface area (Å²) >= 11 is 6.24. The normalized spacial score (nSPS) is 16.0. The standard InChI is InChI=1S/C21H17ClF2N6O/c1-29-17(18(22)19(27-29)20(23)24)9-16-12-4-2-3-5-13(12)21(31)30(16)10-11-6-7-14-15(8-11)26-28-25-14/h2-8,16,20H,9-10H2,1H3,(H,25,26,28). The van der Waals surface area contributed by atoms with Crippen LogP contribution in [0, 0.1) is 0 Å². The van der Waals surface area contributed by atoms with Crippen LogP contribution in [0.1, 0.15) is 45.3 Å². The molecule has 0 spiro atoms. The van der Waals surface area contributed by atoms with Crippen LogP contribution in [0.5, 0.6) is 0 Å². The van der Waals surface area contributed by atoms with Crippen LogP contribution in [0.2, 0.25) is 5.02 Å². The van der Waals surface area contributed by atoms with Crippen molar-refractivity contribution >= 4 is 28.5 Å². The second kappa shape index (κ2) is 7.42. The van der Waals surface area contributed by atoms with Crippen molar-refractivity contribution in [2.75, 3.05) is 0 Å². The fraction of sp³-hybridized carbons (Fsp3) is 0.238. The van der Waals surface area contributed by atoms with Crippen molar-refractivity contribution in [1.29, 1.82) is 0 Å². The van der Waals surface area contributed by atoms with Gasteiger partial charge in [0.25, 0.3) is 12.3 Å². The van der Waals surface area contributed by atoms with Gasteiger partial charge in [-0.25, -0.2) is 8.78 Å². The number of rotatable bonds is 5. The van der Waals surface area contributed by atoms with Crippen LogP contribution < -0.4 is 0 Å². The zero-order valence-corrected chi connectivity index (χ0v) is 17.1. The summed E-state index contributed by atoms with van der Waals surface area (Å²) in [6, 6.07) is 12.6. The summed E-state index contributed by atoms with van der Waals surface area (Å²) < 4.78 is 27.9. The third-order valence-corrected chi connectivity index (χ3v) is 6.06. The Morgan fingerprint density at radius 1 is 1.23 bits per heavy atom. The number of aromatic nitrogens is 5. The number of hydrogen-bond acceptors (Lipinski definition) is 4. The molecule has 2 aromatic heterocycles. The lowest BCUT2D eigenvalue weighted by Crippen LogP contribution is -2.29. The van der Waals surface area contributed by atoms with Crippen molar-refractivity contribution in [1.82, 2.24) is 30.1 Å². The van der Waals surface area contributed by atoms with Gasteiger partial charge < -0.3 is 4.90 Å². The van der Waals surface area contributed by atoms with Gasteiger partial charge in [0.2, 0.25) is 0 Å². The van der Waals surface area contributed by atoms with Crippen molar-refractivity contribution in [3.05, 3.63) is 75.6 Å². The minimum Gasteiger partial charge on any atom is -0.327 e. The zero-order chi connectivity index (χ0) is 21.7. The quantitative estimate of drug-likeness (QED) is 0.502. The first kappa shape index (κ1) is 19.6. The number of alkyl halides is 2. The SMILES string of the molecule is Cn1nc(C(F)F)c(Cl)c1CC1c2ccccc2C(=O)N1Cc1ccc2[nH]nnc2c1. The highest BCUT2D eigenvalue weighted by Crippen LogP contribution is 2.39. The molecule has 158 valence electrons. The van der Waals surface area contributed by atoms with Gasteiger partial charge in [-0.1, -0.05) is 41.1 Å². The maximum Gasteiger partial charge on any atom is 0.283 e. The number of nitrogens with zero attached hydrogens (tertiary/aromatic N) is 5. The molecule has 3 heterocycles. The number of hydrogen-bond donors (Lipinski definition) is 1. The molecule has 0 fully saturated rings. The Balaban J connectivity index is 1.53. The van der Waals surface area contributed by atoms with Crippen LogP contribution in [0.3, 0.4) is 0 Å². The van der Waals surface area contributed by atoms with Crippen molar-refractivity contribution < 1.29 is 13.6 Å². The van der Waals surface area contributed by atoms with Gasteiger partial charge in [0, 0.05) is 25.6 Å². The number of amides is 1. The Kier molecular flexibility index (Phi) is 4.70. The Labute approximate surface area is 180 Å². The molecule has 31 heavy (non-hydrogen) atoms. The van der Waals surface area contributed by atoms with Gasteiger partial charge in [-0.2, -0.15) is 5.10 Å². The number of halogens is 3. The van der Waals surface area contributed by atoms with Crippen LogP contribution in [-0.4, -0.2) is 36.0 Å². The smallest absolute Gasteiger partial charge is 0.283 e. The van der Waals surface area contributed by atoms with E-state index in [1.807, 2.05) is 36.4 Å². The first-order valence-electron chi connectivity index (χ1n) is 9.63. The van der Waals surface area contributed by atoms with Gasteiger partial charge in [0.15, 0.2) is 0 Å². The van der Waals surface area contributed by atoms with Crippen LogP contribution in [0.25, 0.3) is 11.0 Å². The minimum absolute atomic E-state index is 0.0571. The fourth-order valence-electron chi connectivity index (χ4n) is 4.13. The molecular formula is C21H17ClF2N6O. The van der Waals surface area contributed by atoms with Crippen molar-refractivity contribution in [2.24, 2.45) is 7.05 Å². The molecule has 5 rings (SSSR count). The Bertz CT molecular complexity index is 1300. The van der Waals surface area contributed by atoms with Crippen LogP contribution in [-0.2, 0) is 20.0 Å². The summed E-state index contributed by atoms with van der Waals surface area (Å²) in [6.45, 7) is 0.332. The molecular weight excluding hydrogens is 426 g/mol. The number of H-pyrrole nitrogens is 1. The molecule has 0 saturated carbocycles. The molecule has 2 aromatic carbocycles. The first-order valence-corrected chi connectivity index (χ1v) is 10.0. The van der Waals surface area contributed by atoms with Gasteiger partial charge in [0.1, 0.15) is 11.2 Å². The maximum atomic E-state index is 13.3. The van der Waals surface area contributed by atoms with Crippen LogP contribution in [0.4, 0.5) is 8.78 Å². The van der Waals surface area contributed by atoms with Crippen molar-refractivity contribution in [3.8, 4) is 0 Å². The largest absolute Gasteiger partial charge is 0.327 e. The average molecular weight is 443 g/mol. The lowest BCUT2D eigenvalue weighted by Gasteiger charge is -2.26. The van der Waals surface area contributed by atoms with Crippen molar-refractivity contribution in [3.63, 3.8) is 0 Å². The lowest BCUT2D eigenvalue weighted by atomic mass is 10.00. The number of nitrogens with one attached hydrogen (secondary N) is 1. The molecule has 1 atom stereocenters. The summed E-state index contributed by atoms with van der Waals surface area (Å²) in [7, 11) is 1.58. The number of aryl methyl sites for hydroxylation is 1. The minimum atomic E-state index is -2.77. The van der Waals surface area contributed by atoms with E-state index in [-0.39, 0.29) is 23.4 Å². The molecule has 0 radical (unpaired) electrons. The number of aromatic amines is 1. The topological polar surface area (TPSA) is 79.7 Å². The Hall–Kier alpha value is -3.33. The molecule has 1 aliphatic rings. The molecule has 4 aromatic rings. The second-order valence-corrected chi connectivity index (χ2v) is 7.85. The molecule has 7 nitrogen and oxygen atoms in total. The van der Waals surface area contributed by atoms with E-state index in [0.29, 0.717) is 23.3 Å². The van der Waals surface area contributed by atoms with Crippen molar-refractivity contribution in [2.45, 2.75) is 25.4 Å². The van der Waals surface area contributed by atoms with E-state index < -0.39 is 12.1 Å². The fourth-order valence-corrected chi connectivity index (χ4v) is 4.45. The molecule has 1 aliphatic heterocycles. The summed E-state index contributed by atoms with van der Waals surface area (Å²) in [5, 5.41) is 14.4. The monoisotopic (exact) mass is 442 g/mol. The molecule has 1 N–H and O–H groups in total. The average Bonchev–Trinajstić information content (AvgIpc) is 3.41. The van der Waals surface area contributed by atoms with E-state index >= 15 is 0 Å². The lowest BCUT2D eigenvalue weighted by molar-refractivity contribution is 0.0708. The number of carbonyl (C=O) groups is 1. The van der Waals surface area contributed by atoms with E-state index in [0.717, 1.165) is 16.6 Å². The Morgan fingerprint density at radius 2 is 2.03 bits per heavy atom. The van der Waals surface area contributed by atoms with E-state index in [1.165, 1.54) is 4.68 Å². The summed E-state index contributed by atoms with van der Waals surface area (Å²) in [5.41, 5.74) is 3.85. The number of carbonyl (C=O) groups excluding carboxylic acids is 1. The molecule has 0 bridgehead atoms. The molecule has 1 amide bonds. The van der Waals surface area contributed by atoms with Gasteiger partial charge in [-0.3, -0.25) is 14.6 Å². The molecule has 1 unspecified atom stereocenters. The van der Waals surface area contributed by atoms with Gasteiger partial charge in [-0.15, -0.1) is 5.10 Å². The van der Waals surface area contributed by atoms with Gasteiger partial charge >= 0.3 is 0 Å². The van der Waals surface area contributed by atoms with Gasteiger partial charge in [-0.05, 0) is 29.3 Å². The maximum absolute atomic E-state index is 13.3.